The third-order valence-electron chi connectivity index (χ3n) is 3.79. The van der Waals surface area contributed by atoms with Crippen molar-refractivity contribution in [2.45, 2.75) is 39.0 Å². The van der Waals surface area contributed by atoms with E-state index in [1.165, 1.54) is 30.4 Å². The molecule has 1 aromatic rings. The van der Waals surface area contributed by atoms with E-state index in [2.05, 4.69) is 41.9 Å². The van der Waals surface area contributed by atoms with Crippen LogP contribution in [0.3, 0.4) is 0 Å². The Morgan fingerprint density at radius 3 is 2.72 bits per heavy atom. The molecule has 100 valence electrons. The molecule has 0 aliphatic heterocycles. The Labute approximate surface area is 118 Å². The summed E-state index contributed by atoms with van der Waals surface area (Å²) in [6, 6.07) is 4.31. The first kappa shape index (κ1) is 13.9. The van der Waals surface area contributed by atoms with Crippen LogP contribution in [0.2, 0.25) is 0 Å². The lowest BCUT2D eigenvalue weighted by Gasteiger charge is -2.27. The highest BCUT2D eigenvalue weighted by Gasteiger charge is 2.20. The van der Waals surface area contributed by atoms with Gasteiger partial charge in [-0.05, 0) is 71.3 Å². The molecule has 2 rings (SSSR count). The maximum Gasteiger partial charge on any atom is 0.137 e. The summed E-state index contributed by atoms with van der Waals surface area (Å²) in [5.41, 5.74) is 8.26. The third kappa shape index (κ3) is 3.07. The molecule has 2 N–H and O–H groups in total. The maximum atomic E-state index is 6.05. The highest BCUT2D eigenvalue weighted by Crippen LogP contribution is 2.36. The zero-order valence-electron chi connectivity index (χ0n) is 11.2. The molecule has 0 radical (unpaired) electrons. The first-order chi connectivity index (χ1) is 8.61. The fourth-order valence-electron chi connectivity index (χ4n) is 2.26. The maximum absolute atomic E-state index is 6.05. The second kappa shape index (κ2) is 6.07. The fourth-order valence-corrected chi connectivity index (χ4v) is 2.97. The van der Waals surface area contributed by atoms with Crippen molar-refractivity contribution in [3.8, 4) is 5.75 Å². The molecule has 1 aliphatic rings. The van der Waals surface area contributed by atoms with Crippen LogP contribution in [0.1, 0.15) is 43.2 Å². The van der Waals surface area contributed by atoms with Crippen molar-refractivity contribution < 1.29 is 4.74 Å². The molecule has 0 amide bonds. The van der Waals surface area contributed by atoms with E-state index in [0.29, 0.717) is 12.5 Å². The van der Waals surface area contributed by atoms with E-state index in [1.807, 2.05) is 0 Å². The normalized spacial score (nSPS) is 17.3. The number of hydrogen-bond donors (Lipinski definition) is 1. The van der Waals surface area contributed by atoms with E-state index >= 15 is 0 Å². The van der Waals surface area contributed by atoms with E-state index in [9.17, 15) is 0 Å². The van der Waals surface area contributed by atoms with Crippen LogP contribution in [-0.2, 0) is 0 Å². The molecule has 1 unspecified atom stereocenters. The summed E-state index contributed by atoms with van der Waals surface area (Å²) in [5.74, 6) is 2.07. The summed E-state index contributed by atoms with van der Waals surface area (Å²) in [6.07, 6.45) is 3.98. The molecule has 0 spiro atoms. The molecule has 18 heavy (non-hydrogen) atoms. The average Bonchev–Trinajstić information content (AvgIpc) is 2.28. The SMILES string of the molecule is Cc1cc(Br)c(OCC2CCC2)c(C(C)CN)c1. The Kier molecular flexibility index (Phi) is 4.68. The molecule has 1 saturated carbocycles. The summed E-state index contributed by atoms with van der Waals surface area (Å²) in [4.78, 5) is 0. The van der Waals surface area contributed by atoms with Crippen LogP contribution >= 0.6 is 15.9 Å². The van der Waals surface area contributed by atoms with Gasteiger partial charge in [-0.25, -0.2) is 0 Å². The average molecular weight is 312 g/mol. The highest BCUT2D eigenvalue weighted by molar-refractivity contribution is 9.10. The van der Waals surface area contributed by atoms with Crippen LogP contribution < -0.4 is 10.5 Å². The number of nitrogens with two attached hydrogens (primary N) is 1. The lowest BCUT2D eigenvalue weighted by molar-refractivity contribution is 0.178. The second-order valence-corrected chi connectivity index (χ2v) is 6.26. The Balaban J connectivity index is 2.19. The third-order valence-corrected chi connectivity index (χ3v) is 4.38. The fraction of sp³-hybridized carbons (Fsp3) is 0.600. The van der Waals surface area contributed by atoms with Crippen molar-refractivity contribution in [2.24, 2.45) is 11.7 Å². The van der Waals surface area contributed by atoms with Crippen molar-refractivity contribution in [2.75, 3.05) is 13.2 Å². The number of halogens is 1. The van der Waals surface area contributed by atoms with Crippen LogP contribution in [0, 0.1) is 12.8 Å². The van der Waals surface area contributed by atoms with Gasteiger partial charge in [0.25, 0.3) is 0 Å². The van der Waals surface area contributed by atoms with E-state index in [1.54, 1.807) is 0 Å². The summed E-state index contributed by atoms with van der Waals surface area (Å²) >= 11 is 3.62. The van der Waals surface area contributed by atoms with Crippen LogP contribution in [-0.4, -0.2) is 13.2 Å². The van der Waals surface area contributed by atoms with Gasteiger partial charge in [-0.2, -0.15) is 0 Å². The lowest BCUT2D eigenvalue weighted by atomic mass is 9.86. The van der Waals surface area contributed by atoms with Gasteiger partial charge in [-0.15, -0.1) is 0 Å². The predicted octanol–water partition coefficient (Wildman–Crippen LogP) is 4.00. The molecule has 1 fully saturated rings. The Morgan fingerprint density at radius 2 is 2.17 bits per heavy atom. The first-order valence-electron chi connectivity index (χ1n) is 6.74. The molecule has 1 aromatic carbocycles. The van der Waals surface area contributed by atoms with Gasteiger partial charge in [0.1, 0.15) is 5.75 Å². The Morgan fingerprint density at radius 1 is 1.44 bits per heavy atom. The van der Waals surface area contributed by atoms with Crippen molar-refractivity contribution in [1.82, 2.24) is 0 Å². The Hall–Kier alpha value is -0.540. The number of benzene rings is 1. The smallest absolute Gasteiger partial charge is 0.137 e. The summed E-state index contributed by atoms with van der Waals surface area (Å²) in [5, 5.41) is 0. The number of ether oxygens (including phenoxy) is 1. The van der Waals surface area contributed by atoms with Crippen LogP contribution in [0.15, 0.2) is 16.6 Å². The monoisotopic (exact) mass is 311 g/mol. The first-order valence-corrected chi connectivity index (χ1v) is 7.54. The highest BCUT2D eigenvalue weighted by atomic mass is 79.9. The molecule has 0 heterocycles. The standard InChI is InChI=1S/C15H22BrNO/c1-10-6-13(11(2)8-17)15(14(16)7-10)18-9-12-4-3-5-12/h6-7,11-12H,3-5,8-9,17H2,1-2H3. The van der Waals surface area contributed by atoms with Crippen LogP contribution in [0.25, 0.3) is 0 Å². The molecule has 3 heteroatoms. The minimum atomic E-state index is 0.331. The largest absolute Gasteiger partial charge is 0.492 e. The summed E-state index contributed by atoms with van der Waals surface area (Å²) < 4.78 is 7.10. The van der Waals surface area contributed by atoms with Crippen molar-refractivity contribution >= 4 is 15.9 Å². The van der Waals surface area contributed by atoms with Gasteiger partial charge in [0.05, 0.1) is 11.1 Å². The minimum Gasteiger partial charge on any atom is -0.492 e. The van der Waals surface area contributed by atoms with Gasteiger partial charge in [0, 0.05) is 0 Å². The molecule has 2 nitrogen and oxygen atoms in total. The minimum absolute atomic E-state index is 0.331. The molecule has 0 bridgehead atoms. The predicted molar refractivity (Wildman–Crippen MR) is 79.2 cm³/mol. The number of hydrogen-bond acceptors (Lipinski definition) is 2. The molecule has 0 saturated heterocycles. The number of rotatable bonds is 5. The summed E-state index contributed by atoms with van der Waals surface area (Å²) in [6.45, 7) is 5.74. The molecule has 1 atom stereocenters. The topological polar surface area (TPSA) is 35.2 Å². The van der Waals surface area contributed by atoms with Gasteiger partial charge in [0.15, 0.2) is 0 Å². The van der Waals surface area contributed by atoms with Crippen LogP contribution in [0.4, 0.5) is 0 Å². The summed E-state index contributed by atoms with van der Waals surface area (Å²) in [7, 11) is 0. The molecule has 1 aliphatic carbocycles. The zero-order chi connectivity index (χ0) is 13.1. The Bertz CT molecular complexity index is 415. The molecular formula is C15H22BrNO. The van der Waals surface area contributed by atoms with E-state index in [4.69, 9.17) is 10.5 Å². The molecular weight excluding hydrogens is 290 g/mol. The zero-order valence-corrected chi connectivity index (χ0v) is 12.8. The van der Waals surface area contributed by atoms with E-state index < -0.39 is 0 Å². The van der Waals surface area contributed by atoms with Crippen molar-refractivity contribution in [3.05, 3.63) is 27.7 Å². The van der Waals surface area contributed by atoms with Gasteiger partial charge < -0.3 is 10.5 Å². The van der Waals surface area contributed by atoms with Crippen molar-refractivity contribution in [1.29, 1.82) is 0 Å². The lowest BCUT2D eigenvalue weighted by Crippen LogP contribution is -2.20. The quantitative estimate of drug-likeness (QED) is 0.892. The number of aryl methyl sites for hydroxylation is 1. The van der Waals surface area contributed by atoms with Gasteiger partial charge in [0.2, 0.25) is 0 Å². The van der Waals surface area contributed by atoms with Gasteiger partial charge in [-0.3, -0.25) is 0 Å². The van der Waals surface area contributed by atoms with Crippen molar-refractivity contribution in [3.63, 3.8) is 0 Å². The van der Waals surface area contributed by atoms with Gasteiger partial charge >= 0.3 is 0 Å². The van der Waals surface area contributed by atoms with Gasteiger partial charge in [-0.1, -0.05) is 19.4 Å². The van der Waals surface area contributed by atoms with E-state index in [0.717, 1.165) is 22.7 Å². The second-order valence-electron chi connectivity index (χ2n) is 5.41. The van der Waals surface area contributed by atoms with E-state index in [-0.39, 0.29) is 0 Å². The van der Waals surface area contributed by atoms with Crippen LogP contribution in [0.5, 0.6) is 5.75 Å². The molecule has 0 aromatic heterocycles.